The number of aryl methyl sites for hydroxylation is 1. The third kappa shape index (κ3) is 3.25. The second-order valence-electron chi connectivity index (χ2n) is 6.39. The minimum Gasteiger partial charge on any atom is -0.348 e. The molecule has 2 N–H and O–H groups in total. The first-order valence-corrected chi connectivity index (χ1v) is 9.32. The lowest BCUT2D eigenvalue weighted by molar-refractivity contribution is 0.0934. The van der Waals surface area contributed by atoms with Crippen molar-refractivity contribution in [2.24, 2.45) is 0 Å². The molecule has 132 valence electrons. The van der Waals surface area contributed by atoms with Crippen LogP contribution in [0, 0.1) is 6.92 Å². The van der Waals surface area contributed by atoms with Gasteiger partial charge in [-0.3, -0.25) is 14.3 Å². The molecular weight excluding hydrogens is 346 g/mol. The lowest BCUT2D eigenvalue weighted by Gasteiger charge is -2.12. The topological polar surface area (TPSA) is 75.1 Å². The third-order valence-corrected chi connectivity index (χ3v) is 5.00. The number of H-pyrrole nitrogens is 1. The van der Waals surface area contributed by atoms with E-state index >= 15 is 0 Å². The molecular formula is C19H19N5OS. The number of imidazole rings is 1. The van der Waals surface area contributed by atoms with E-state index in [0.29, 0.717) is 12.1 Å². The molecule has 0 saturated carbocycles. The van der Waals surface area contributed by atoms with Crippen LogP contribution in [-0.4, -0.2) is 31.5 Å². The first-order chi connectivity index (χ1) is 12.6. The lowest BCUT2D eigenvalue weighted by atomic mass is 10.1. The van der Waals surface area contributed by atoms with Crippen LogP contribution in [-0.2, 0) is 6.42 Å². The lowest BCUT2D eigenvalue weighted by Crippen LogP contribution is -2.34. The largest absolute Gasteiger partial charge is 0.348 e. The molecule has 0 aliphatic heterocycles. The molecule has 3 heterocycles. The summed E-state index contributed by atoms with van der Waals surface area (Å²) in [5, 5.41) is 12.0. The molecule has 0 unspecified atom stereocenters. The third-order valence-electron chi connectivity index (χ3n) is 4.16. The maximum absolute atomic E-state index is 12.7. The van der Waals surface area contributed by atoms with E-state index in [1.807, 2.05) is 66.2 Å². The molecule has 4 rings (SSSR count). The second-order valence-corrected chi connectivity index (χ2v) is 7.22. The van der Waals surface area contributed by atoms with Gasteiger partial charge < -0.3 is 5.32 Å². The van der Waals surface area contributed by atoms with Crippen molar-refractivity contribution in [2.45, 2.75) is 26.3 Å². The molecule has 0 radical (unpaired) electrons. The summed E-state index contributed by atoms with van der Waals surface area (Å²) in [6.07, 6.45) is 2.60. The van der Waals surface area contributed by atoms with Gasteiger partial charge in [-0.25, -0.2) is 4.98 Å². The van der Waals surface area contributed by atoms with Crippen molar-refractivity contribution in [1.29, 1.82) is 0 Å². The van der Waals surface area contributed by atoms with Crippen LogP contribution in [0.25, 0.3) is 16.2 Å². The Hall–Kier alpha value is -2.93. The van der Waals surface area contributed by atoms with Crippen LogP contribution in [0.1, 0.15) is 28.8 Å². The number of thiazole rings is 1. The zero-order valence-electron chi connectivity index (χ0n) is 14.6. The molecule has 0 saturated heterocycles. The molecule has 6 nitrogen and oxygen atoms in total. The van der Waals surface area contributed by atoms with Gasteiger partial charge in [0, 0.05) is 35.3 Å². The monoisotopic (exact) mass is 365 g/mol. The van der Waals surface area contributed by atoms with Crippen LogP contribution < -0.4 is 5.32 Å². The number of aromatic nitrogens is 4. The molecule has 1 amide bonds. The quantitative estimate of drug-likeness (QED) is 0.569. The van der Waals surface area contributed by atoms with E-state index in [1.165, 1.54) is 11.3 Å². The van der Waals surface area contributed by atoms with Gasteiger partial charge in [0.1, 0.15) is 5.69 Å². The van der Waals surface area contributed by atoms with Gasteiger partial charge in [0.2, 0.25) is 0 Å². The fourth-order valence-electron chi connectivity index (χ4n) is 2.94. The summed E-state index contributed by atoms with van der Waals surface area (Å²) in [4.78, 5) is 18.1. The second kappa shape index (κ2) is 6.76. The minimum absolute atomic E-state index is 0.0164. The zero-order valence-corrected chi connectivity index (χ0v) is 15.4. The van der Waals surface area contributed by atoms with Crippen molar-refractivity contribution in [3.63, 3.8) is 0 Å². The molecule has 0 bridgehead atoms. The number of fused-ring (bicyclic) bond motifs is 1. The van der Waals surface area contributed by atoms with Gasteiger partial charge in [-0.15, -0.1) is 11.3 Å². The van der Waals surface area contributed by atoms with Crippen molar-refractivity contribution in [3.8, 4) is 11.3 Å². The molecule has 26 heavy (non-hydrogen) atoms. The van der Waals surface area contributed by atoms with Gasteiger partial charge in [-0.2, -0.15) is 5.10 Å². The van der Waals surface area contributed by atoms with Crippen LogP contribution in [0.2, 0.25) is 0 Å². The number of hydrogen-bond acceptors (Lipinski definition) is 4. The van der Waals surface area contributed by atoms with E-state index in [0.717, 1.165) is 27.6 Å². The molecule has 7 heteroatoms. The smallest absolute Gasteiger partial charge is 0.269 e. The van der Waals surface area contributed by atoms with E-state index in [1.54, 1.807) is 0 Å². The Morgan fingerprint density at radius 3 is 2.88 bits per heavy atom. The Balaban J connectivity index is 1.52. The van der Waals surface area contributed by atoms with Gasteiger partial charge in [-0.1, -0.05) is 30.3 Å². The Labute approximate surface area is 154 Å². The highest BCUT2D eigenvalue weighted by Crippen LogP contribution is 2.23. The number of rotatable bonds is 5. The molecule has 0 fully saturated rings. The summed E-state index contributed by atoms with van der Waals surface area (Å²) in [5.74, 6) is -0.104. The van der Waals surface area contributed by atoms with E-state index in [4.69, 9.17) is 0 Å². The van der Waals surface area contributed by atoms with Gasteiger partial charge in [-0.05, 0) is 19.9 Å². The highest BCUT2D eigenvalue weighted by Gasteiger charge is 2.17. The van der Waals surface area contributed by atoms with Crippen LogP contribution in [0.15, 0.2) is 48.0 Å². The fourth-order valence-corrected chi connectivity index (χ4v) is 3.79. The standard InChI is InChI=1S/C19H19N5OS/c1-12(8-15-9-13(2)22-23-15)20-18(25)17-11-26-19-21-16(10-24(17)19)14-6-4-3-5-7-14/h3-7,9-12H,8H2,1-2H3,(H,20,25)(H,22,23)/t12-/m1/s1. The molecule has 0 spiro atoms. The van der Waals surface area contributed by atoms with Crippen molar-refractivity contribution in [3.05, 3.63) is 65.1 Å². The van der Waals surface area contributed by atoms with Crippen LogP contribution >= 0.6 is 11.3 Å². The maximum atomic E-state index is 12.7. The Bertz CT molecular complexity index is 1050. The van der Waals surface area contributed by atoms with Gasteiger partial charge in [0.25, 0.3) is 5.91 Å². The highest BCUT2D eigenvalue weighted by atomic mass is 32.1. The predicted molar refractivity (Wildman–Crippen MR) is 102 cm³/mol. The zero-order chi connectivity index (χ0) is 18.1. The first kappa shape index (κ1) is 16.5. The van der Waals surface area contributed by atoms with Gasteiger partial charge in [0.05, 0.1) is 11.4 Å². The summed E-state index contributed by atoms with van der Waals surface area (Å²) < 4.78 is 1.85. The number of amides is 1. The molecule has 0 aliphatic carbocycles. The summed E-state index contributed by atoms with van der Waals surface area (Å²) >= 11 is 1.47. The van der Waals surface area contributed by atoms with Crippen LogP contribution in [0.5, 0.6) is 0 Å². The summed E-state index contributed by atoms with van der Waals surface area (Å²) in [5.41, 5.74) is 4.47. The van der Waals surface area contributed by atoms with Crippen molar-refractivity contribution in [2.75, 3.05) is 0 Å². The van der Waals surface area contributed by atoms with Crippen molar-refractivity contribution < 1.29 is 4.79 Å². The number of hydrogen-bond donors (Lipinski definition) is 2. The summed E-state index contributed by atoms with van der Waals surface area (Å²) in [6, 6.07) is 11.9. The molecule has 4 aromatic rings. The maximum Gasteiger partial charge on any atom is 0.269 e. The van der Waals surface area contributed by atoms with Crippen LogP contribution in [0.3, 0.4) is 0 Å². The number of nitrogens with zero attached hydrogens (tertiary/aromatic N) is 3. The SMILES string of the molecule is Cc1cc(C[C@@H](C)NC(=O)c2csc3nc(-c4ccccc4)cn23)n[nH]1. The van der Waals surface area contributed by atoms with E-state index in [2.05, 4.69) is 20.5 Å². The van der Waals surface area contributed by atoms with Crippen LogP contribution in [0.4, 0.5) is 0 Å². The molecule has 1 aromatic carbocycles. The van der Waals surface area contributed by atoms with Gasteiger partial charge in [0.15, 0.2) is 4.96 Å². The number of carbonyl (C=O) groups excluding carboxylic acids is 1. The summed E-state index contributed by atoms with van der Waals surface area (Å²) in [7, 11) is 0. The number of benzene rings is 1. The van der Waals surface area contributed by atoms with E-state index in [-0.39, 0.29) is 11.9 Å². The highest BCUT2D eigenvalue weighted by molar-refractivity contribution is 7.15. The minimum atomic E-state index is -0.104. The van der Waals surface area contributed by atoms with E-state index in [9.17, 15) is 4.79 Å². The predicted octanol–water partition coefficient (Wildman–Crippen LogP) is 3.46. The Morgan fingerprint density at radius 2 is 2.15 bits per heavy atom. The molecule has 3 aromatic heterocycles. The molecule has 0 aliphatic rings. The number of carbonyl (C=O) groups is 1. The summed E-state index contributed by atoms with van der Waals surface area (Å²) in [6.45, 7) is 3.94. The fraction of sp³-hybridized carbons (Fsp3) is 0.211. The Morgan fingerprint density at radius 1 is 1.35 bits per heavy atom. The average molecular weight is 365 g/mol. The first-order valence-electron chi connectivity index (χ1n) is 8.44. The normalized spacial score (nSPS) is 12.4. The number of nitrogens with one attached hydrogen (secondary N) is 2. The van der Waals surface area contributed by atoms with Gasteiger partial charge >= 0.3 is 0 Å². The number of aromatic amines is 1. The molecule has 1 atom stereocenters. The van der Waals surface area contributed by atoms with Crippen molar-refractivity contribution >= 4 is 22.2 Å². The van der Waals surface area contributed by atoms with Crippen molar-refractivity contribution in [1.82, 2.24) is 24.9 Å². The average Bonchev–Trinajstić information content (AvgIpc) is 3.31. The van der Waals surface area contributed by atoms with E-state index < -0.39 is 0 Å². The Kier molecular flexibility index (Phi) is 4.30.